The third-order valence-electron chi connectivity index (χ3n) is 15.2. The molecule has 0 atom stereocenters. The fourth-order valence-corrected chi connectivity index (χ4v) is 12.3. The lowest BCUT2D eigenvalue weighted by atomic mass is 9.70. The maximum absolute atomic E-state index is 6.68. The molecule has 3 heteroatoms. The summed E-state index contributed by atoms with van der Waals surface area (Å²) in [4.78, 5) is 2.33. The van der Waals surface area contributed by atoms with Crippen LogP contribution in [0.4, 0.5) is 17.1 Å². The second-order valence-corrected chi connectivity index (χ2v) is 18.7. The van der Waals surface area contributed by atoms with E-state index < -0.39 is 5.41 Å². The molecule has 1 spiro atoms. The molecule has 70 heavy (non-hydrogen) atoms. The predicted octanol–water partition coefficient (Wildman–Crippen LogP) is 17.8. The van der Waals surface area contributed by atoms with Crippen molar-refractivity contribution < 1.29 is 4.42 Å². The van der Waals surface area contributed by atoms with Gasteiger partial charge in [0.15, 0.2) is 5.58 Å². The lowest BCUT2D eigenvalue weighted by molar-refractivity contribution is 0.669. The van der Waals surface area contributed by atoms with Crippen molar-refractivity contribution >= 4 is 60.8 Å². The summed E-state index contributed by atoms with van der Waals surface area (Å²) < 4.78 is 9.14. The van der Waals surface area contributed by atoms with Gasteiger partial charge < -0.3 is 13.9 Å². The summed E-state index contributed by atoms with van der Waals surface area (Å²) in [6, 6.07) is 93.3. The topological polar surface area (TPSA) is 21.3 Å². The van der Waals surface area contributed by atoms with Crippen LogP contribution in [0.25, 0.3) is 93.9 Å². The van der Waals surface area contributed by atoms with Crippen LogP contribution in [0.2, 0.25) is 0 Å². The number of para-hydroxylation sites is 3. The molecular weight excluding hydrogens is 849 g/mol. The van der Waals surface area contributed by atoms with E-state index in [1.807, 2.05) is 6.07 Å². The van der Waals surface area contributed by atoms with Gasteiger partial charge in [-0.25, -0.2) is 0 Å². The standard InChI is InChI=1S/C67H42N2O/c1-3-16-43(17-4-1)44-30-35-48(36-31-44)68(62-28-15-24-53-52-22-10-14-29-63(52)70-66(53)62)49-37-32-45(33-38-49)46-34-40-60-55(42-46)65-61(69(60)47-18-5-2-6-19-47)41-39-59-64(65)54-23-9-13-27-58(54)67(59)56-25-11-7-20-50(56)51-21-8-12-26-57(51)67/h1-42H. The zero-order chi connectivity index (χ0) is 45.9. The fraction of sp³-hybridized carbons (Fsp3) is 0.0149. The molecule has 0 bridgehead atoms. The van der Waals surface area contributed by atoms with Crippen molar-refractivity contribution in [1.29, 1.82) is 0 Å². The van der Waals surface area contributed by atoms with Gasteiger partial charge in [0.25, 0.3) is 0 Å². The third kappa shape index (κ3) is 5.40. The minimum atomic E-state index is -0.428. The molecule has 13 aromatic rings. The van der Waals surface area contributed by atoms with Gasteiger partial charge in [0, 0.05) is 38.6 Å². The van der Waals surface area contributed by atoms with Gasteiger partial charge in [0.2, 0.25) is 0 Å². The van der Waals surface area contributed by atoms with Gasteiger partial charge in [-0.2, -0.15) is 0 Å². The first kappa shape index (κ1) is 38.9. The van der Waals surface area contributed by atoms with Crippen molar-refractivity contribution in [2.75, 3.05) is 4.90 Å². The van der Waals surface area contributed by atoms with E-state index in [0.717, 1.165) is 50.3 Å². The average Bonchev–Trinajstić information content (AvgIpc) is 4.17. The Hall–Kier alpha value is -9.18. The number of nitrogens with zero attached hydrogens (tertiary/aromatic N) is 2. The summed E-state index contributed by atoms with van der Waals surface area (Å²) in [6.07, 6.45) is 0. The number of furan rings is 1. The average molecular weight is 891 g/mol. The highest BCUT2D eigenvalue weighted by Gasteiger charge is 2.52. The summed E-state index contributed by atoms with van der Waals surface area (Å²) in [6.45, 7) is 0. The number of benzene rings is 11. The molecule has 3 nitrogen and oxygen atoms in total. The maximum Gasteiger partial charge on any atom is 0.159 e. The van der Waals surface area contributed by atoms with Crippen LogP contribution in [-0.2, 0) is 5.41 Å². The molecule has 2 heterocycles. The quantitative estimate of drug-likeness (QED) is 0.166. The number of anilines is 3. The van der Waals surface area contributed by atoms with E-state index >= 15 is 0 Å². The number of aromatic nitrogens is 1. The summed E-state index contributed by atoms with van der Waals surface area (Å²) in [5.74, 6) is 0. The molecule has 0 amide bonds. The number of hydrogen-bond acceptors (Lipinski definition) is 2. The molecule has 0 saturated carbocycles. The number of fused-ring (bicyclic) bond motifs is 17. The van der Waals surface area contributed by atoms with Gasteiger partial charge in [-0.1, -0.05) is 188 Å². The second kappa shape index (κ2) is 14.9. The molecule has 0 fully saturated rings. The molecule has 0 aliphatic heterocycles. The zero-order valence-corrected chi connectivity index (χ0v) is 38.1. The Balaban J connectivity index is 0.924. The Kier molecular flexibility index (Phi) is 8.28. The van der Waals surface area contributed by atoms with Crippen molar-refractivity contribution in [2.24, 2.45) is 0 Å². The van der Waals surface area contributed by atoms with Crippen LogP contribution >= 0.6 is 0 Å². The molecule has 11 aromatic carbocycles. The molecule has 2 aliphatic rings. The minimum absolute atomic E-state index is 0.428. The van der Waals surface area contributed by atoms with E-state index in [4.69, 9.17) is 4.42 Å². The van der Waals surface area contributed by atoms with Crippen molar-refractivity contribution in [3.05, 3.63) is 277 Å². The normalized spacial score (nSPS) is 13.0. The Bertz CT molecular complexity index is 4170. The smallest absolute Gasteiger partial charge is 0.159 e. The van der Waals surface area contributed by atoms with Gasteiger partial charge in [0.1, 0.15) is 5.58 Å². The minimum Gasteiger partial charge on any atom is -0.454 e. The summed E-state index contributed by atoms with van der Waals surface area (Å²) >= 11 is 0. The molecular formula is C67H42N2O. The monoisotopic (exact) mass is 890 g/mol. The third-order valence-corrected chi connectivity index (χ3v) is 15.2. The van der Waals surface area contributed by atoms with Gasteiger partial charge in [-0.3, -0.25) is 0 Å². The summed E-state index contributed by atoms with van der Waals surface area (Å²) in [5.41, 5.74) is 23.3. The lowest BCUT2D eigenvalue weighted by Crippen LogP contribution is -2.25. The van der Waals surface area contributed by atoms with Crippen LogP contribution in [0, 0.1) is 0 Å². The molecule has 0 radical (unpaired) electrons. The Morgan fingerprint density at radius 2 is 0.886 bits per heavy atom. The largest absolute Gasteiger partial charge is 0.454 e. The molecule has 326 valence electrons. The predicted molar refractivity (Wildman–Crippen MR) is 290 cm³/mol. The van der Waals surface area contributed by atoms with Crippen LogP contribution in [0.3, 0.4) is 0 Å². The fourth-order valence-electron chi connectivity index (χ4n) is 12.3. The zero-order valence-electron chi connectivity index (χ0n) is 38.1. The van der Waals surface area contributed by atoms with Crippen molar-refractivity contribution in [3.8, 4) is 50.2 Å². The first-order valence-electron chi connectivity index (χ1n) is 24.2. The van der Waals surface area contributed by atoms with Crippen molar-refractivity contribution in [1.82, 2.24) is 4.57 Å². The molecule has 0 N–H and O–H groups in total. The maximum atomic E-state index is 6.68. The van der Waals surface area contributed by atoms with Crippen LogP contribution in [0.15, 0.2) is 259 Å². The lowest BCUT2D eigenvalue weighted by Gasteiger charge is -2.30. The Labute approximate surface area is 405 Å². The van der Waals surface area contributed by atoms with Crippen molar-refractivity contribution in [3.63, 3.8) is 0 Å². The highest BCUT2D eigenvalue weighted by molar-refractivity contribution is 6.19. The van der Waals surface area contributed by atoms with E-state index in [2.05, 4.69) is 258 Å². The highest BCUT2D eigenvalue weighted by Crippen LogP contribution is 2.64. The second-order valence-electron chi connectivity index (χ2n) is 18.7. The molecule has 15 rings (SSSR count). The molecule has 2 aliphatic carbocycles. The van der Waals surface area contributed by atoms with Gasteiger partial charge in [-0.15, -0.1) is 0 Å². The van der Waals surface area contributed by atoms with Crippen LogP contribution < -0.4 is 4.90 Å². The summed E-state index contributed by atoms with van der Waals surface area (Å²) in [5, 5.41) is 4.73. The molecule has 2 aromatic heterocycles. The SMILES string of the molecule is c1ccc(-c2ccc(N(c3ccc(-c4ccc5c(c4)c4c6c(ccc4n5-c4ccccc4)C4(c5ccccc5-c5ccccc54)c4ccccc4-6)cc3)c3cccc4c3oc3ccccc34)cc2)cc1. The van der Waals surface area contributed by atoms with Crippen LogP contribution in [0.1, 0.15) is 22.3 Å². The van der Waals surface area contributed by atoms with Crippen molar-refractivity contribution in [2.45, 2.75) is 5.41 Å². The van der Waals surface area contributed by atoms with E-state index in [9.17, 15) is 0 Å². The van der Waals surface area contributed by atoms with E-state index in [-0.39, 0.29) is 0 Å². The highest BCUT2D eigenvalue weighted by atomic mass is 16.3. The van der Waals surface area contributed by atoms with Crippen LogP contribution in [-0.4, -0.2) is 4.57 Å². The van der Waals surface area contributed by atoms with Crippen LogP contribution in [0.5, 0.6) is 0 Å². The number of hydrogen-bond donors (Lipinski definition) is 0. The van der Waals surface area contributed by atoms with E-state index in [1.54, 1.807) is 0 Å². The van der Waals surface area contributed by atoms with E-state index in [0.29, 0.717) is 0 Å². The van der Waals surface area contributed by atoms with Gasteiger partial charge in [-0.05, 0) is 133 Å². The van der Waals surface area contributed by atoms with Gasteiger partial charge >= 0.3 is 0 Å². The molecule has 0 unspecified atom stereocenters. The first-order valence-corrected chi connectivity index (χ1v) is 24.2. The Morgan fingerprint density at radius 1 is 0.357 bits per heavy atom. The summed E-state index contributed by atoms with van der Waals surface area (Å²) in [7, 11) is 0. The molecule has 0 saturated heterocycles. The first-order chi connectivity index (χ1) is 34.7. The number of rotatable bonds is 6. The Morgan fingerprint density at radius 3 is 1.59 bits per heavy atom. The van der Waals surface area contributed by atoms with E-state index in [1.165, 1.54) is 83.0 Å². The van der Waals surface area contributed by atoms with Gasteiger partial charge in [0.05, 0.1) is 22.1 Å².